The zero-order chi connectivity index (χ0) is 17.0. The van der Waals surface area contributed by atoms with Crippen LogP contribution in [0.1, 0.15) is 26.7 Å². The summed E-state index contributed by atoms with van der Waals surface area (Å²) in [5.74, 6) is -0.504. The van der Waals surface area contributed by atoms with Crippen molar-refractivity contribution in [3.05, 3.63) is 28.2 Å². The van der Waals surface area contributed by atoms with Gasteiger partial charge in [-0.05, 0) is 25.5 Å². The Morgan fingerprint density at radius 2 is 2.22 bits per heavy atom. The van der Waals surface area contributed by atoms with Crippen molar-refractivity contribution in [3.8, 4) is 0 Å². The lowest BCUT2D eigenvalue weighted by molar-refractivity contribution is -0.122. The number of amides is 2. The highest BCUT2D eigenvalue weighted by atomic mass is 35.5. The Morgan fingerprint density at radius 3 is 2.91 bits per heavy atom. The van der Waals surface area contributed by atoms with Gasteiger partial charge in [-0.25, -0.2) is 0 Å². The van der Waals surface area contributed by atoms with Crippen molar-refractivity contribution in [2.45, 2.75) is 38.0 Å². The van der Waals surface area contributed by atoms with E-state index in [0.717, 1.165) is 6.42 Å². The van der Waals surface area contributed by atoms with E-state index in [0.29, 0.717) is 15.9 Å². The first-order chi connectivity index (χ1) is 10.9. The number of benzene rings is 1. The molecule has 2 unspecified atom stereocenters. The molecule has 2 atom stereocenters. The van der Waals surface area contributed by atoms with Gasteiger partial charge in [0.05, 0.1) is 15.7 Å². The summed E-state index contributed by atoms with van der Waals surface area (Å²) in [5, 5.41) is 6.11. The lowest BCUT2D eigenvalue weighted by Gasteiger charge is -2.09. The molecule has 0 aromatic heterocycles. The number of aliphatic imine (C=N–C) groups is 1. The number of amidine groups is 1. The number of hydrogen-bond donors (Lipinski definition) is 2. The van der Waals surface area contributed by atoms with Gasteiger partial charge in [0.15, 0.2) is 5.17 Å². The van der Waals surface area contributed by atoms with E-state index < -0.39 is 5.25 Å². The third-order valence-corrected chi connectivity index (χ3v) is 5.22. The van der Waals surface area contributed by atoms with E-state index in [-0.39, 0.29) is 29.3 Å². The van der Waals surface area contributed by atoms with Crippen LogP contribution in [-0.2, 0) is 9.59 Å². The largest absolute Gasteiger partial charge is 0.325 e. The fourth-order valence-electron chi connectivity index (χ4n) is 1.86. The van der Waals surface area contributed by atoms with Crippen LogP contribution in [0.4, 0.5) is 5.69 Å². The first-order valence-corrected chi connectivity index (χ1v) is 8.83. The van der Waals surface area contributed by atoms with Crippen LogP contribution in [0.2, 0.25) is 10.0 Å². The topological polar surface area (TPSA) is 70.6 Å². The van der Waals surface area contributed by atoms with Gasteiger partial charge in [0, 0.05) is 12.5 Å². The summed E-state index contributed by atoms with van der Waals surface area (Å²) in [6, 6.07) is 5.12. The van der Waals surface area contributed by atoms with Gasteiger partial charge in [-0.2, -0.15) is 0 Å². The Kier molecular flexibility index (Phi) is 6.33. The molecule has 0 radical (unpaired) electrons. The van der Waals surface area contributed by atoms with Gasteiger partial charge in [-0.3, -0.25) is 14.6 Å². The monoisotopic (exact) mass is 373 g/mol. The van der Waals surface area contributed by atoms with E-state index in [1.807, 2.05) is 13.8 Å². The van der Waals surface area contributed by atoms with Gasteiger partial charge < -0.3 is 10.6 Å². The van der Waals surface area contributed by atoms with Crippen LogP contribution in [0.5, 0.6) is 0 Å². The standard InChI is InChI=1S/C15H17Cl2N3O2S/c1-3-8(2)18-15-20-14(22)11(23-15)7-12(21)19-10-6-4-5-9(16)13(10)17/h4-6,8,11H,3,7H2,1-2H3,(H,19,21)(H,18,20,22). The van der Waals surface area contributed by atoms with Crippen LogP contribution in [0.3, 0.4) is 0 Å². The first-order valence-electron chi connectivity index (χ1n) is 7.20. The van der Waals surface area contributed by atoms with Gasteiger partial charge in [0.2, 0.25) is 11.8 Å². The normalized spacial score (nSPS) is 20.4. The number of nitrogens with one attached hydrogen (secondary N) is 2. The predicted molar refractivity (Wildman–Crippen MR) is 96.4 cm³/mol. The molecule has 1 aromatic rings. The van der Waals surface area contributed by atoms with Gasteiger partial charge >= 0.3 is 0 Å². The minimum Gasteiger partial charge on any atom is -0.325 e. The maximum absolute atomic E-state index is 12.1. The summed E-state index contributed by atoms with van der Waals surface area (Å²) < 4.78 is 0. The smallest absolute Gasteiger partial charge is 0.240 e. The predicted octanol–water partition coefficient (Wildman–Crippen LogP) is 3.71. The van der Waals surface area contributed by atoms with E-state index in [2.05, 4.69) is 15.6 Å². The lowest BCUT2D eigenvalue weighted by atomic mass is 10.2. The molecule has 0 spiro atoms. The van der Waals surface area contributed by atoms with E-state index in [9.17, 15) is 9.59 Å². The molecule has 1 fully saturated rings. The van der Waals surface area contributed by atoms with Crippen molar-refractivity contribution in [1.82, 2.24) is 5.32 Å². The second kappa shape index (κ2) is 8.04. The second-order valence-electron chi connectivity index (χ2n) is 5.14. The molecule has 1 aliphatic rings. The molecule has 8 heteroatoms. The van der Waals surface area contributed by atoms with Crippen molar-refractivity contribution in [2.75, 3.05) is 5.32 Å². The highest BCUT2D eigenvalue weighted by Crippen LogP contribution is 2.30. The maximum atomic E-state index is 12.1. The number of carbonyl (C=O) groups is 2. The molecule has 1 saturated heterocycles. The molecular weight excluding hydrogens is 357 g/mol. The average Bonchev–Trinajstić information content (AvgIpc) is 2.83. The molecule has 1 heterocycles. The molecular formula is C15H17Cl2N3O2S. The van der Waals surface area contributed by atoms with Gasteiger partial charge in [0.1, 0.15) is 5.25 Å². The van der Waals surface area contributed by atoms with Crippen LogP contribution in [0.15, 0.2) is 23.2 Å². The third-order valence-electron chi connectivity index (χ3n) is 3.30. The van der Waals surface area contributed by atoms with E-state index in [1.54, 1.807) is 18.2 Å². The van der Waals surface area contributed by atoms with E-state index in [1.165, 1.54) is 11.8 Å². The van der Waals surface area contributed by atoms with Crippen LogP contribution in [0.25, 0.3) is 0 Å². The van der Waals surface area contributed by atoms with Crippen LogP contribution in [0, 0.1) is 0 Å². The summed E-state index contributed by atoms with van der Waals surface area (Å²) in [6.45, 7) is 4.00. The Hall–Kier alpha value is -1.24. The summed E-state index contributed by atoms with van der Waals surface area (Å²) in [5.41, 5.74) is 0.432. The number of anilines is 1. The summed E-state index contributed by atoms with van der Waals surface area (Å²) in [7, 11) is 0. The molecule has 2 rings (SSSR count). The number of hydrogen-bond acceptors (Lipinski definition) is 4. The Labute approximate surface area is 149 Å². The zero-order valence-corrected chi connectivity index (χ0v) is 15.1. The molecule has 23 heavy (non-hydrogen) atoms. The first kappa shape index (κ1) is 18.1. The molecule has 0 bridgehead atoms. The second-order valence-corrected chi connectivity index (χ2v) is 7.12. The summed E-state index contributed by atoms with van der Waals surface area (Å²) in [4.78, 5) is 28.4. The van der Waals surface area contributed by atoms with Crippen LogP contribution in [-0.4, -0.2) is 28.3 Å². The van der Waals surface area contributed by atoms with Crippen LogP contribution >= 0.6 is 35.0 Å². The van der Waals surface area contributed by atoms with Crippen molar-refractivity contribution in [2.24, 2.45) is 4.99 Å². The summed E-state index contributed by atoms with van der Waals surface area (Å²) >= 11 is 13.2. The zero-order valence-electron chi connectivity index (χ0n) is 12.7. The van der Waals surface area contributed by atoms with Gasteiger partial charge in [-0.15, -0.1) is 0 Å². The molecule has 1 aromatic carbocycles. The van der Waals surface area contributed by atoms with Crippen molar-refractivity contribution in [1.29, 1.82) is 0 Å². The number of carbonyl (C=O) groups excluding carboxylic acids is 2. The minimum absolute atomic E-state index is 0.0405. The molecule has 2 amide bonds. The molecule has 2 N–H and O–H groups in total. The van der Waals surface area contributed by atoms with Gasteiger partial charge in [0.25, 0.3) is 0 Å². The van der Waals surface area contributed by atoms with E-state index in [4.69, 9.17) is 23.2 Å². The molecule has 1 aliphatic heterocycles. The Bertz CT molecular complexity index is 652. The highest BCUT2D eigenvalue weighted by Gasteiger charge is 2.32. The minimum atomic E-state index is -0.490. The summed E-state index contributed by atoms with van der Waals surface area (Å²) in [6.07, 6.45) is 0.928. The molecule has 0 saturated carbocycles. The van der Waals surface area contributed by atoms with Crippen molar-refractivity contribution < 1.29 is 9.59 Å². The quantitative estimate of drug-likeness (QED) is 0.826. The highest BCUT2D eigenvalue weighted by molar-refractivity contribution is 8.15. The van der Waals surface area contributed by atoms with E-state index >= 15 is 0 Å². The molecule has 0 aliphatic carbocycles. The molecule has 124 valence electrons. The van der Waals surface area contributed by atoms with Gasteiger partial charge in [-0.1, -0.05) is 48.0 Å². The number of nitrogens with zero attached hydrogens (tertiary/aromatic N) is 1. The third kappa shape index (κ3) is 4.86. The Morgan fingerprint density at radius 1 is 1.48 bits per heavy atom. The van der Waals surface area contributed by atoms with Crippen molar-refractivity contribution >= 4 is 57.6 Å². The lowest BCUT2D eigenvalue weighted by Crippen LogP contribution is -2.28. The van der Waals surface area contributed by atoms with Crippen LogP contribution < -0.4 is 10.6 Å². The molecule has 5 nitrogen and oxygen atoms in total. The fraction of sp³-hybridized carbons (Fsp3) is 0.400. The fourth-order valence-corrected chi connectivity index (χ4v) is 3.28. The maximum Gasteiger partial charge on any atom is 0.240 e. The van der Waals surface area contributed by atoms with Crippen molar-refractivity contribution in [3.63, 3.8) is 0 Å². The number of rotatable bonds is 5. The average molecular weight is 374 g/mol. The number of halogens is 2. The SMILES string of the molecule is CCC(C)N=C1NC(=O)C(CC(=O)Nc2cccc(Cl)c2Cl)S1. The Balaban J connectivity index is 1.97. The number of thioether (sulfide) groups is 1.